The molecule has 6 nitrogen and oxygen atoms in total. The van der Waals surface area contributed by atoms with Gasteiger partial charge >= 0.3 is 0 Å². The molecule has 10 heteroatoms. The zero-order valence-electron chi connectivity index (χ0n) is 47.0. The van der Waals surface area contributed by atoms with Crippen molar-refractivity contribution in [3.05, 3.63) is 89.9 Å². The summed E-state index contributed by atoms with van der Waals surface area (Å²) in [4.78, 5) is 63.3. The van der Waals surface area contributed by atoms with Gasteiger partial charge in [0.1, 0.15) is 0 Å². The van der Waals surface area contributed by atoms with E-state index in [2.05, 4.69) is 52.0 Å². The molecule has 4 aromatic carbocycles. The van der Waals surface area contributed by atoms with Crippen LogP contribution in [0, 0.1) is 11.8 Å². The van der Waals surface area contributed by atoms with Crippen LogP contribution in [0.1, 0.15) is 233 Å². The molecule has 4 heterocycles. The average Bonchev–Trinajstić information content (AvgIpc) is 3.58. The molecule has 0 bridgehead atoms. The molecule has 8 aromatic rings. The number of fused-ring (bicyclic) bond motifs is 8. The van der Waals surface area contributed by atoms with Gasteiger partial charge in [-0.1, -0.05) is 232 Å². The minimum atomic E-state index is -0.275. The van der Waals surface area contributed by atoms with E-state index in [1.165, 1.54) is 154 Å². The van der Waals surface area contributed by atoms with Crippen molar-refractivity contribution in [1.82, 2.24) is 9.13 Å². The van der Waals surface area contributed by atoms with Crippen LogP contribution in [-0.2, 0) is 13.1 Å². The van der Waals surface area contributed by atoms with E-state index in [4.69, 9.17) is 0 Å². The Labute approximate surface area is 469 Å². The van der Waals surface area contributed by atoms with Gasteiger partial charge in [0.15, 0.2) is 0 Å². The van der Waals surface area contributed by atoms with Gasteiger partial charge in [-0.25, -0.2) is 0 Å². The smallest absolute Gasteiger partial charge is 0.262 e. The van der Waals surface area contributed by atoms with E-state index in [9.17, 15) is 0 Å². The molecule has 0 aliphatic rings. The molecule has 0 radical (unpaired) electrons. The molecule has 8 rings (SSSR count). The zero-order valence-corrected chi connectivity index (χ0v) is 50.2. The average molecular weight is 1100 g/mol. The molecule has 0 saturated heterocycles. The van der Waals surface area contributed by atoms with Crippen LogP contribution in [0.25, 0.3) is 69.9 Å². The highest BCUT2D eigenvalue weighted by Gasteiger charge is 2.30. The maximum Gasteiger partial charge on any atom is 0.262 e. The van der Waals surface area contributed by atoms with Crippen LogP contribution >= 0.6 is 45.3 Å². The lowest BCUT2D eigenvalue weighted by Crippen LogP contribution is -2.38. The quantitative estimate of drug-likeness (QED) is 0.0223. The van der Waals surface area contributed by atoms with Gasteiger partial charge in [-0.05, 0) is 61.8 Å². The van der Waals surface area contributed by atoms with Crippen LogP contribution in [0.4, 0.5) is 0 Å². The molecule has 0 saturated carbocycles. The first-order chi connectivity index (χ1) is 37.3. The van der Waals surface area contributed by atoms with Crippen molar-refractivity contribution in [2.24, 2.45) is 11.8 Å². The molecular weight excluding hydrogens is 1010 g/mol. The molecule has 76 heavy (non-hydrogen) atoms. The van der Waals surface area contributed by atoms with Crippen molar-refractivity contribution < 1.29 is 0 Å². The summed E-state index contributed by atoms with van der Waals surface area (Å²) >= 11 is 6.25. The summed E-state index contributed by atoms with van der Waals surface area (Å²) in [7, 11) is 0. The minimum Gasteiger partial charge on any atom is -0.274 e. The number of rotatable bonds is 36. The highest BCUT2D eigenvalue weighted by molar-refractivity contribution is 7.38. The summed E-state index contributed by atoms with van der Waals surface area (Å²) in [5.74, 6) is 0.384. The van der Waals surface area contributed by atoms with Gasteiger partial charge in [0.05, 0.1) is 40.3 Å². The van der Waals surface area contributed by atoms with Crippen molar-refractivity contribution in [2.75, 3.05) is 0 Å². The summed E-state index contributed by atoms with van der Waals surface area (Å²) in [6, 6.07) is 16.6. The van der Waals surface area contributed by atoms with Crippen LogP contribution in [-0.4, -0.2) is 9.13 Å². The van der Waals surface area contributed by atoms with Gasteiger partial charge in [-0.3, -0.25) is 28.3 Å². The summed E-state index contributed by atoms with van der Waals surface area (Å²) in [5, 5.41) is 3.04. The first-order valence-corrected chi connectivity index (χ1v) is 33.9. The molecule has 0 amide bonds. The van der Waals surface area contributed by atoms with Crippen molar-refractivity contribution >= 4 is 115 Å². The lowest BCUT2D eigenvalue weighted by atomic mass is 9.92. The summed E-state index contributed by atoms with van der Waals surface area (Å²) in [6.07, 6.45) is 38.3. The second-order valence-electron chi connectivity index (χ2n) is 22.7. The molecule has 0 fully saturated rings. The number of hydrogen-bond donors (Lipinski definition) is 0. The van der Waals surface area contributed by atoms with Crippen LogP contribution in [0.15, 0.2) is 67.7 Å². The molecule has 0 spiro atoms. The van der Waals surface area contributed by atoms with E-state index >= 15 is 19.2 Å². The number of pyridine rings is 2. The SMILES string of the molecule is CCCCCCCCCCC(CCCCCCCC)Cn1c(=O)c2c3sc4ccccc4sc3c3c(=O)n(CC(CCCCCCCC)CCCCCCCCCC)c(=O)c4c5sc6ccccc6sc5c(c1=O)c2c34. The Bertz CT molecular complexity index is 2970. The lowest BCUT2D eigenvalue weighted by molar-refractivity contribution is 0.350. The summed E-state index contributed by atoms with van der Waals surface area (Å²) in [5.41, 5.74) is -1.10. The molecular formula is C66H90N2O4S4. The van der Waals surface area contributed by atoms with Crippen molar-refractivity contribution in [3.63, 3.8) is 0 Å². The predicted octanol–water partition coefficient (Wildman–Crippen LogP) is 20.8. The van der Waals surface area contributed by atoms with E-state index in [0.29, 0.717) is 45.4 Å². The van der Waals surface area contributed by atoms with E-state index in [1.54, 1.807) is 54.5 Å². The fourth-order valence-electron chi connectivity index (χ4n) is 12.3. The van der Waals surface area contributed by atoms with Crippen LogP contribution < -0.4 is 22.2 Å². The topological polar surface area (TPSA) is 78.1 Å². The van der Waals surface area contributed by atoms with Crippen molar-refractivity contribution in [1.29, 1.82) is 0 Å². The minimum absolute atomic E-state index is 0.192. The Balaban J connectivity index is 1.30. The number of benzene rings is 4. The van der Waals surface area contributed by atoms with Gasteiger partial charge in [-0.15, -0.1) is 45.3 Å². The molecule has 2 atom stereocenters. The molecule has 0 aliphatic heterocycles. The number of hydrogen-bond acceptors (Lipinski definition) is 8. The highest BCUT2D eigenvalue weighted by Crippen LogP contribution is 2.48. The predicted molar refractivity (Wildman–Crippen MR) is 339 cm³/mol. The van der Waals surface area contributed by atoms with Gasteiger partial charge in [0.25, 0.3) is 22.2 Å². The van der Waals surface area contributed by atoms with Crippen LogP contribution in [0.3, 0.4) is 0 Å². The fourth-order valence-corrected chi connectivity index (χ4v) is 17.4. The summed E-state index contributed by atoms with van der Waals surface area (Å²) in [6.45, 7) is 9.82. The van der Waals surface area contributed by atoms with Gasteiger partial charge in [0, 0.05) is 42.7 Å². The van der Waals surface area contributed by atoms with Gasteiger partial charge in [-0.2, -0.15) is 0 Å². The standard InChI is InChI=1S/C66H90N2O4S4/c1-5-9-13-17-21-23-27-31-39-47(37-29-25-19-15-11-7-3)45-67-63(69)55-53-54-57(61-59(55)73-49-41-33-35-43-51(49)75-61)65(71)68(46-48(38-30-26-20-16-12-8-4)40-32-28-24-22-18-14-10-6-2)66(72)58(54)62-60(56(53)64(67)70)74-50-42-34-36-44-52(50)76-62/h33-36,41-44,47-48H,5-32,37-40,45-46H2,1-4H3. The monoisotopic (exact) mass is 1100 g/mol. The number of unbranched alkanes of at least 4 members (excludes halogenated alkanes) is 24. The Morgan fingerprint density at radius 1 is 0.303 bits per heavy atom. The maximum absolute atomic E-state index is 15.8. The van der Waals surface area contributed by atoms with Gasteiger partial charge < -0.3 is 0 Å². The van der Waals surface area contributed by atoms with Gasteiger partial charge in [0.2, 0.25) is 0 Å². The normalized spacial score (nSPS) is 13.1. The van der Waals surface area contributed by atoms with E-state index < -0.39 is 0 Å². The molecule has 0 aliphatic carbocycles. The second kappa shape index (κ2) is 30.0. The third-order valence-corrected chi connectivity index (χ3v) is 22.0. The Hall–Kier alpha value is -3.70. The second-order valence-corrected chi connectivity index (χ2v) is 26.9. The first kappa shape index (κ1) is 58.4. The van der Waals surface area contributed by atoms with Crippen LogP contribution in [0.5, 0.6) is 0 Å². The molecule has 4 aromatic heterocycles. The van der Waals surface area contributed by atoms with Crippen molar-refractivity contribution in [2.45, 2.75) is 246 Å². The number of aromatic nitrogens is 2. The first-order valence-electron chi connectivity index (χ1n) is 30.7. The maximum atomic E-state index is 15.8. The fraction of sp³-hybridized carbons (Fsp3) is 0.606. The molecule has 0 N–H and O–H groups in total. The number of nitrogens with zero attached hydrogens (tertiary/aromatic N) is 2. The van der Waals surface area contributed by atoms with Crippen molar-refractivity contribution in [3.8, 4) is 0 Å². The highest BCUT2D eigenvalue weighted by atomic mass is 32.1. The van der Waals surface area contributed by atoms with Crippen LogP contribution in [0.2, 0.25) is 0 Å². The van der Waals surface area contributed by atoms with E-state index in [0.717, 1.165) is 89.0 Å². The Morgan fingerprint density at radius 3 is 0.737 bits per heavy atom. The largest absolute Gasteiger partial charge is 0.274 e. The third-order valence-electron chi connectivity index (χ3n) is 16.7. The third kappa shape index (κ3) is 14.2. The summed E-state index contributed by atoms with van der Waals surface area (Å²) < 4.78 is 10.4. The Morgan fingerprint density at radius 2 is 0.513 bits per heavy atom. The molecule has 2 unspecified atom stereocenters. The zero-order chi connectivity index (χ0) is 53.2. The lowest BCUT2D eigenvalue weighted by Gasteiger charge is -2.22. The Kier molecular flexibility index (Phi) is 23.1. The molecule has 412 valence electrons. The van der Waals surface area contributed by atoms with E-state index in [1.807, 2.05) is 24.3 Å². The van der Waals surface area contributed by atoms with E-state index in [-0.39, 0.29) is 34.1 Å².